The number of piperidine rings is 1. The molecule has 5 heteroatoms. The van der Waals surface area contributed by atoms with Crippen molar-refractivity contribution in [2.75, 3.05) is 11.4 Å². The molecule has 0 aliphatic carbocycles. The zero-order chi connectivity index (χ0) is 12.4. The first-order valence-electron chi connectivity index (χ1n) is 5.40. The molecule has 0 spiro atoms. The van der Waals surface area contributed by atoms with Gasteiger partial charge in [-0.05, 0) is 31.0 Å². The Labute approximate surface area is 98.4 Å². The summed E-state index contributed by atoms with van der Waals surface area (Å²) in [5.41, 5.74) is 6.28. The molecule has 88 valence electrons. The molecular formula is C12H12FN3O. The van der Waals surface area contributed by atoms with Gasteiger partial charge in [-0.2, -0.15) is 5.26 Å². The summed E-state index contributed by atoms with van der Waals surface area (Å²) in [5, 5.41) is 8.94. The Morgan fingerprint density at radius 1 is 1.53 bits per heavy atom. The van der Waals surface area contributed by atoms with Crippen LogP contribution >= 0.6 is 0 Å². The molecule has 0 bridgehead atoms. The fourth-order valence-electron chi connectivity index (χ4n) is 1.98. The van der Waals surface area contributed by atoms with Crippen molar-refractivity contribution in [2.24, 2.45) is 5.73 Å². The Morgan fingerprint density at radius 3 is 3.00 bits per heavy atom. The Morgan fingerprint density at radius 2 is 2.29 bits per heavy atom. The van der Waals surface area contributed by atoms with Gasteiger partial charge in [0, 0.05) is 6.54 Å². The second-order valence-electron chi connectivity index (χ2n) is 4.01. The Kier molecular flexibility index (Phi) is 3.07. The number of hydrogen-bond donors (Lipinski definition) is 1. The monoisotopic (exact) mass is 233 g/mol. The molecule has 2 rings (SSSR count). The number of carbonyl (C=O) groups is 1. The van der Waals surface area contributed by atoms with Gasteiger partial charge in [-0.1, -0.05) is 0 Å². The van der Waals surface area contributed by atoms with Crippen LogP contribution in [0.2, 0.25) is 0 Å². The van der Waals surface area contributed by atoms with Crippen molar-refractivity contribution in [3.8, 4) is 6.07 Å². The standard InChI is InChI=1S/C12H12FN3O/c13-9-3-4-11(8(6-9)7-14)16-5-1-2-10(15)12(16)17/h3-4,6,10H,1-2,5,15H2. The first-order chi connectivity index (χ1) is 8.13. The number of halogens is 1. The van der Waals surface area contributed by atoms with E-state index in [9.17, 15) is 9.18 Å². The summed E-state index contributed by atoms with van der Waals surface area (Å²) in [4.78, 5) is 13.3. The third-order valence-electron chi connectivity index (χ3n) is 2.85. The average Bonchev–Trinajstić information content (AvgIpc) is 2.33. The van der Waals surface area contributed by atoms with Crippen LogP contribution < -0.4 is 10.6 Å². The maximum absolute atomic E-state index is 13.0. The van der Waals surface area contributed by atoms with E-state index < -0.39 is 11.9 Å². The van der Waals surface area contributed by atoms with Crippen LogP contribution in [-0.2, 0) is 4.79 Å². The molecule has 0 saturated carbocycles. The van der Waals surface area contributed by atoms with Gasteiger partial charge >= 0.3 is 0 Å². The van der Waals surface area contributed by atoms with E-state index in [0.29, 0.717) is 18.7 Å². The number of rotatable bonds is 1. The smallest absolute Gasteiger partial charge is 0.243 e. The predicted molar refractivity (Wildman–Crippen MR) is 60.7 cm³/mol. The van der Waals surface area contributed by atoms with E-state index in [1.54, 1.807) is 0 Å². The lowest BCUT2D eigenvalue weighted by Gasteiger charge is -2.30. The van der Waals surface area contributed by atoms with E-state index in [0.717, 1.165) is 12.5 Å². The molecule has 1 aromatic carbocycles. The molecule has 1 heterocycles. The maximum atomic E-state index is 13.0. The summed E-state index contributed by atoms with van der Waals surface area (Å²) in [6, 6.07) is 5.18. The Balaban J connectivity index is 2.40. The third-order valence-corrected chi connectivity index (χ3v) is 2.85. The van der Waals surface area contributed by atoms with Gasteiger partial charge in [0.05, 0.1) is 17.3 Å². The minimum absolute atomic E-state index is 0.160. The number of nitrogens with zero attached hydrogens (tertiary/aromatic N) is 2. The number of nitrogens with two attached hydrogens (primary N) is 1. The fraction of sp³-hybridized carbons (Fsp3) is 0.333. The highest BCUT2D eigenvalue weighted by Crippen LogP contribution is 2.24. The fourth-order valence-corrected chi connectivity index (χ4v) is 1.98. The van der Waals surface area contributed by atoms with Gasteiger partial charge in [0.2, 0.25) is 5.91 Å². The van der Waals surface area contributed by atoms with Crippen molar-refractivity contribution in [3.05, 3.63) is 29.6 Å². The van der Waals surface area contributed by atoms with Crippen molar-refractivity contribution >= 4 is 11.6 Å². The molecule has 4 nitrogen and oxygen atoms in total. The van der Waals surface area contributed by atoms with E-state index in [1.165, 1.54) is 17.0 Å². The van der Waals surface area contributed by atoms with E-state index in [1.807, 2.05) is 6.07 Å². The molecule has 0 aromatic heterocycles. The minimum atomic E-state index is -0.527. The van der Waals surface area contributed by atoms with Gasteiger partial charge in [0.25, 0.3) is 0 Å². The van der Waals surface area contributed by atoms with E-state index in [-0.39, 0.29) is 11.5 Å². The number of benzene rings is 1. The summed E-state index contributed by atoms with van der Waals surface area (Å²) in [6.07, 6.45) is 1.44. The largest absolute Gasteiger partial charge is 0.320 e. The number of nitriles is 1. The Hall–Kier alpha value is -1.93. The molecule has 1 unspecified atom stereocenters. The minimum Gasteiger partial charge on any atom is -0.320 e. The second kappa shape index (κ2) is 4.52. The lowest BCUT2D eigenvalue weighted by atomic mass is 10.0. The summed E-state index contributed by atoms with van der Waals surface area (Å²) in [5.74, 6) is -0.696. The molecule has 1 saturated heterocycles. The average molecular weight is 233 g/mol. The van der Waals surface area contributed by atoms with E-state index in [2.05, 4.69) is 0 Å². The predicted octanol–water partition coefficient (Wildman–Crippen LogP) is 1.15. The van der Waals surface area contributed by atoms with Crippen LogP contribution in [0.4, 0.5) is 10.1 Å². The first kappa shape index (κ1) is 11.6. The highest BCUT2D eigenvalue weighted by atomic mass is 19.1. The van der Waals surface area contributed by atoms with Crippen LogP contribution in [0.1, 0.15) is 18.4 Å². The van der Waals surface area contributed by atoms with Gasteiger partial charge < -0.3 is 10.6 Å². The number of hydrogen-bond acceptors (Lipinski definition) is 3. The number of carbonyl (C=O) groups excluding carboxylic acids is 1. The summed E-state index contributed by atoms with van der Waals surface area (Å²) >= 11 is 0. The van der Waals surface area contributed by atoms with Crippen molar-refractivity contribution in [1.29, 1.82) is 5.26 Å². The van der Waals surface area contributed by atoms with Crippen LogP contribution in [0.3, 0.4) is 0 Å². The van der Waals surface area contributed by atoms with Gasteiger partial charge in [0.15, 0.2) is 0 Å². The quantitative estimate of drug-likeness (QED) is 0.791. The van der Waals surface area contributed by atoms with Crippen LogP contribution in [0.5, 0.6) is 0 Å². The first-order valence-corrected chi connectivity index (χ1v) is 5.40. The maximum Gasteiger partial charge on any atom is 0.243 e. The molecule has 1 aliphatic rings. The van der Waals surface area contributed by atoms with Gasteiger partial charge in [-0.3, -0.25) is 4.79 Å². The molecule has 1 aliphatic heterocycles. The van der Waals surface area contributed by atoms with Gasteiger partial charge in [-0.15, -0.1) is 0 Å². The highest BCUT2D eigenvalue weighted by molar-refractivity contribution is 5.98. The van der Waals surface area contributed by atoms with E-state index in [4.69, 9.17) is 11.0 Å². The van der Waals surface area contributed by atoms with Gasteiger partial charge in [0.1, 0.15) is 11.9 Å². The van der Waals surface area contributed by atoms with Crippen LogP contribution in [0.15, 0.2) is 18.2 Å². The molecule has 0 radical (unpaired) electrons. The van der Waals surface area contributed by atoms with Gasteiger partial charge in [-0.25, -0.2) is 4.39 Å². The van der Waals surface area contributed by atoms with Crippen molar-refractivity contribution in [3.63, 3.8) is 0 Å². The van der Waals surface area contributed by atoms with Crippen molar-refractivity contribution in [2.45, 2.75) is 18.9 Å². The molecular weight excluding hydrogens is 221 g/mol. The molecule has 1 fully saturated rings. The molecule has 1 amide bonds. The third kappa shape index (κ3) is 2.12. The highest BCUT2D eigenvalue weighted by Gasteiger charge is 2.28. The van der Waals surface area contributed by atoms with Crippen molar-refractivity contribution < 1.29 is 9.18 Å². The number of amides is 1. The molecule has 1 atom stereocenters. The van der Waals surface area contributed by atoms with Crippen LogP contribution in [0.25, 0.3) is 0 Å². The van der Waals surface area contributed by atoms with Crippen molar-refractivity contribution in [1.82, 2.24) is 0 Å². The lowest BCUT2D eigenvalue weighted by molar-refractivity contribution is -0.120. The molecule has 1 aromatic rings. The summed E-state index contributed by atoms with van der Waals surface area (Å²) in [7, 11) is 0. The molecule has 17 heavy (non-hydrogen) atoms. The normalized spacial score (nSPS) is 20.2. The second-order valence-corrected chi connectivity index (χ2v) is 4.01. The lowest BCUT2D eigenvalue weighted by Crippen LogP contribution is -2.48. The number of anilines is 1. The van der Waals surface area contributed by atoms with Crippen LogP contribution in [-0.4, -0.2) is 18.5 Å². The summed E-state index contributed by atoms with van der Waals surface area (Å²) in [6.45, 7) is 0.521. The van der Waals surface area contributed by atoms with E-state index >= 15 is 0 Å². The van der Waals surface area contributed by atoms with Crippen LogP contribution in [0, 0.1) is 17.1 Å². The summed E-state index contributed by atoms with van der Waals surface area (Å²) < 4.78 is 13.0. The molecule has 2 N–H and O–H groups in total. The topological polar surface area (TPSA) is 70.1 Å². The Bertz CT molecular complexity index is 495. The zero-order valence-electron chi connectivity index (χ0n) is 9.19. The SMILES string of the molecule is N#Cc1cc(F)ccc1N1CCCC(N)C1=O. The zero-order valence-corrected chi connectivity index (χ0v) is 9.19.